The number of hydrogen-bond donors (Lipinski definition) is 1. The number of thiazole rings is 1. The Hall–Kier alpha value is -2.35. The lowest BCUT2D eigenvalue weighted by Gasteiger charge is -2.22. The normalized spacial score (nSPS) is 12.0. The van der Waals surface area contributed by atoms with Crippen molar-refractivity contribution in [1.82, 2.24) is 9.38 Å². The molecule has 3 heterocycles. The average Bonchev–Trinajstić information content (AvgIpc) is 3.07. The molecule has 0 unspecified atom stereocenters. The first kappa shape index (κ1) is 15.5. The zero-order valence-corrected chi connectivity index (χ0v) is 14.4. The Bertz CT molecular complexity index is 898. The molecule has 8 heteroatoms. The number of nitro groups is 1. The maximum absolute atomic E-state index is 10.9. The Morgan fingerprint density at radius 1 is 1.35 bits per heavy atom. The highest BCUT2D eigenvalue weighted by molar-refractivity contribution is 7.17. The second-order valence-corrected chi connectivity index (χ2v) is 7.62. The number of aromatic nitrogens is 2. The summed E-state index contributed by atoms with van der Waals surface area (Å²) in [5, 5.41) is 14.3. The summed E-state index contributed by atoms with van der Waals surface area (Å²) >= 11 is 1.58. The van der Waals surface area contributed by atoms with Crippen molar-refractivity contribution in [2.45, 2.75) is 40.2 Å². The standard InChI is InChI=1S/C15H18N4O3S/c1-8-9(2)23-14-16-12(10-6-7-11(22-10)19(20)21)13(18(8)14)17-15(3,4)5/h6-7,17H,1-5H3. The van der Waals surface area contributed by atoms with Gasteiger partial charge in [0.05, 0.1) is 6.07 Å². The number of furan rings is 1. The van der Waals surface area contributed by atoms with E-state index in [0.29, 0.717) is 11.5 Å². The Morgan fingerprint density at radius 2 is 2.04 bits per heavy atom. The van der Waals surface area contributed by atoms with E-state index in [-0.39, 0.29) is 11.4 Å². The van der Waals surface area contributed by atoms with Crippen LogP contribution >= 0.6 is 11.3 Å². The SMILES string of the molecule is Cc1sc2nc(-c3ccc([N+](=O)[O-])o3)c(NC(C)(C)C)n2c1C. The Kier molecular flexibility index (Phi) is 3.44. The molecule has 0 aliphatic heterocycles. The van der Waals surface area contributed by atoms with Gasteiger partial charge in [0.2, 0.25) is 0 Å². The smallest absolute Gasteiger partial charge is 0.399 e. The number of aryl methyl sites for hydroxylation is 2. The Labute approximate surface area is 137 Å². The largest absolute Gasteiger partial charge is 0.433 e. The van der Waals surface area contributed by atoms with Crippen molar-refractivity contribution >= 4 is 28.0 Å². The van der Waals surface area contributed by atoms with Gasteiger partial charge in [-0.05, 0) is 40.7 Å². The monoisotopic (exact) mass is 334 g/mol. The average molecular weight is 334 g/mol. The molecule has 0 aliphatic rings. The number of nitrogens with one attached hydrogen (secondary N) is 1. The minimum atomic E-state index is -0.547. The predicted molar refractivity (Wildman–Crippen MR) is 90.3 cm³/mol. The summed E-state index contributed by atoms with van der Waals surface area (Å²) in [6, 6.07) is 2.93. The van der Waals surface area contributed by atoms with E-state index in [1.807, 2.05) is 18.2 Å². The van der Waals surface area contributed by atoms with Crippen molar-refractivity contribution in [2.75, 3.05) is 5.32 Å². The molecule has 0 aromatic carbocycles. The first-order chi connectivity index (χ1) is 10.7. The van der Waals surface area contributed by atoms with E-state index < -0.39 is 4.92 Å². The van der Waals surface area contributed by atoms with Gasteiger partial charge in [0.15, 0.2) is 16.4 Å². The number of hydrogen-bond acceptors (Lipinski definition) is 6. The fourth-order valence-corrected chi connectivity index (χ4v) is 3.31. The van der Waals surface area contributed by atoms with Crippen molar-refractivity contribution in [3.63, 3.8) is 0 Å². The van der Waals surface area contributed by atoms with E-state index in [1.165, 1.54) is 10.9 Å². The molecule has 0 aliphatic carbocycles. The van der Waals surface area contributed by atoms with Gasteiger partial charge in [-0.15, -0.1) is 11.3 Å². The summed E-state index contributed by atoms with van der Waals surface area (Å²) in [5.41, 5.74) is 1.49. The molecule has 23 heavy (non-hydrogen) atoms. The van der Waals surface area contributed by atoms with E-state index in [2.05, 4.69) is 31.1 Å². The number of fused-ring (bicyclic) bond motifs is 1. The molecule has 122 valence electrons. The van der Waals surface area contributed by atoms with Gasteiger partial charge in [0, 0.05) is 16.1 Å². The summed E-state index contributed by atoms with van der Waals surface area (Å²) in [5.74, 6) is 0.890. The molecule has 0 saturated heterocycles. The van der Waals surface area contributed by atoms with Crippen LogP contribution in [-0.4, -0.2) is 19.8 Å². The lowest BCUT2D eigenvalue weighted by atomic mass is 10.1. The zero-order valence-electron chi connectivity index (χ0n) is 13.6. The van der Waals surface area contributed by atoms with Gasteiger partial charge in [0.25, 0.3) is 0 Å². The summed E-state index contributed by atoms with van der Waals surface area (Å²) in [4.78, 5) is 16.9. The van der Waals surface area contributed by atoms with Crippen molar-refractivity contribution in [3.05, 3.63) is 32.8 Å². The second-order valence-electron chi connectivity index (χ2n) is 6.44. The molecular formula is C15H18N4O3S. The summed E-state index contributed by atoms with van der Waals surface area (Å²) < 4.78 is 7.38. The summed E-state index contributed by atoms with van der Waals surface area (Å²) in [6.07, 6.45) is 0. The zero-order chi connectivity index (χ0) is 16.9. The van der Waals surface area contributed by atoms with Crippen LogP contribution in [0.25, 0.3) is 16.4 Å². The predicted octanol–water partition coefficient (Wildman–Crippen LogP) is 4.39. The van der Waals surface area contributed by atoms with Gasteiger partial charge in [-0.25, -0.2) is 4.98 Å². The molecule has 0 atom stereocenters. The van der Waals surface area contributed by atoms with Crippen molar-refractivity contribution in [2.24, 2.45) is 0 Å². The van der Waals surface area contributed by atoms with Gasteiger partial charge < -0.3 is 9.73 Å². The molecule has 0 amide bonds. The van der Waals surface area contributed by atoms with Crippen LogP contribution in [0.2, 0.25) is 0 Å². The quantitative estimate of drug-likeness (QED) is 0.567. The third-order valence-corrected chi connectivity index (χ3v) is 4.49. The van der Waals surface area contributed by atoms with Crippen LogP contribution in [0.1, 0.15) is 31.3 Å². The lowest BCUT2D eigenvalue weighted by molar-refractivity contribution is -0.401. The first-order valence-electron chi connectivity index (χ1n) is 7.18. The molecule has 0 bridgehead atoms. The lowest BCUT2D eigenvalue weighted by Crippen LogP contribution is -2.27. The van der Waals surface area contributed by atoms with Crippen molar-refractivity contribution in [3.8, 4) is 11.5 Å². The minimum Gasteiger partial charge on any atom is -0.399 e. The molecule has 0 radical (unpaired) electrons. The maximum Gasteiger partial charge on any atom is 0.433 e. The van der Waals surface area contributed by atoms with Gasteiger partial charge in [0.1, 0.15) is 10.7 Å². The van der Waals surface area contributed by atoms with Gasteiger partial charge in [-0.2, -0.15) is 0 Å². The number of nitrogens with zero attached hydrogens (tertiary/aromatic N) is 3. The maximum atomic E-state index is 10.9. The molecule has 1 N–H and O–H groups in total. The summed E-state index contributed by atoms with van der Waals surface area (Å²) in [7, 11) is 0. The van der Waals surface area contributed by atoms with Crippen LogP contribution in [-0.2, 0) is 0 Å². The van der Waals surface area contributed by atoms with Crippen LogP contribution in [0.3, 0.4) is 0 Å². The summed E-state index contributed by atoms with van der Waals surface area (Å²) in [6.45, 7) is 10.2. The molecule has 3 aromatic rings. The van der Waals surface area contributed by atoms with Crippen LogP contribution < -0.4 is 5.32 Å². The minimum absolute atomic E-state index is 0.189. The fourth-order valence-electron chi connectivity index (χ4n) is 2.34. The topological polar surface area (TPSA) is 85.6 Å². The van der Waals surface area contributed by atoms with E-state index in [0.717, 1.165) is 16.5 Å². The highest BCUT2D eigenvalue weighted by atomic mass is 32.1. The molecule has 7 nitrogen and oxygen atoms in total. The van der Waals surface area contributed by atoms with Gasteiger partial charge in [-0.1, -0.05) is 0 Å². The fraction of sp³-hybridized carbons (Fsp3) is 0.400. The molecule has 0 spiro atoms. The van der Waals surface area contributed by atoms with Crippen molar-refractivity contribution < 1.29 is 9.34 Å². The van der Waals surface area contributed by atoms with E-state index in [9.17, 15) is 10.1 Å². The Balaban J connectivity index is 2.22. The van der Waals surface area contributed by atoms with Gasteiger partial charge >= 0.3 is 5.88 Å². The molecule has 3 aromatic heterocycles. The van der Waals surface area contributed by atoms with Gasteiger partial charge in [-0.3, -0.25) is 14.5 Å². The van der Waals surface area contributed by atoms with Crippen LogP contribution in [0.4, 0.5) is 11.7 Å². The molecule has 3 rings (SSSR count). The van der Waals surface area contributed by atoms with Crippen molar-refractivity contribution in [1.29, 1.82) is 0 Å². The first-order valence-corrected chi connectivity index (χ1v) is 8.00. The third-order valence-electron chi connectivity index (χ3n) is 3.43. The number of rotatable bonds is 3. The molecule has 0 fully saturated rings. The highest BCUT2D eigenvalue weighted by Gasteiger charge is 2.25. The van der Waals surface area contributed by atoms with Crippen LogP contribution in [0, 0.1) is 24.0 Å². The number of anilines is 1. The molecule has 0 saturated carbocycles. The van der Waals surface area contributed by atoms with E-state index in [1.54, 1.807) is 17.4 Å². The number of imidazole rings is 1. The Morgan fingerprint density at radius 3 is 2.61 bits per heavy atom. The van der Waals surface area contributed by atoms with E-state index in [4.69, 9.17) is 4.42 Å². The van der Waals surface area contributed by atoms with E-state index >= 15 is 0 Å². The molecular weight excluding hydrogens is 316 g/mol. The second kappa shape index (κ2) is 5.09. The highest BCUT2D eigenvalue weighted by Crippen LogP contribution is 2.37. The van der Waals surface area contributed by atoms with Crippen LogP contribution in [0.5, 0.6) is 0 Å². The third kappa shape index (κ3) is 2.70. The van der Waals surface area contributed by atoms with Crippen LogP contribution in [0.15, 0.2) is 16.5 Å².